The average Bonchev–Trinajstić information content (AvgIpc) is 3.18. The molecule has 114 valence electrons. The molecular weight excluding hydrogens is 300 g/mol. The van der Waals surface area contributed by atoms with Crippen molar-refractivity contribution in [2.75, 3.05) is 5.32 Å². The van der Waals surface area contributed by atoms with E-state index >= 15 is 0 Å². The van der Waals surface area contributed by atoms with E-state index in [1.165, 1.54) is 11.3 Å². The number of amides is 1. The monoisotopic (exact) mass is 316 g/mol. The van der Waals surface area contributed by atoms with Crippen LogP contribution in [0.2, 0.25) is 0 Å². The molecule has 22 heavy (non-hydrogen) atoms. The van der Waals surface area contributed by atoms with E-state index in [0.717, 1.165) is 5.69 Å². The van der Waals surface area contributed by atoms with Gasteiger partial charge >= 0.3 is 0 Å². The SMILES string of the molecule is CC(C)(C)c1csc(NC(=O)c2cc(-c3ccco3)[nH]n2)n1. The van der Waals surface area contributed by atoms with Crippen LogP contribution in [0.3, 0.4) is 0 Å². The zero-order valence-electron chi connectivity index (χ0n) is 12.5. The van der Waals surface area contributed by atoms with Gasteiger partial charge in [0, 0.05) is 16.9 Å². The molecule has 1 amide bonds. The van der Waals surface area contributed by atoms with Crippen molar-refractivity contribution in [2.24, 2.45) is 0 Å². The molecule has 0 radical (unpaired) electrons. The van der Waals surface area contributed by atoms with Gasteiger partial charge in [-0.1, -0.05) is 20.8 Å². The predicted octanol–water partition coefficient (Wildman–Crippen LogP) is 3.68. The molecule has 3 aromatic heterocycles. The minimum absolute atomic E-state index is 0.0434. The summed E-state index contributed by atoms with van der Waals surface area (Å²) in [6.45, 7) is 6.24. The van der Waals surface area contributed by atoms with Crippen molar-refractivity contribution in [3.8, 4) is 11.5 Å². The summed E-state index contributed by atoms with van der Waals surface area (Å²) in [5.74, 6) is 0.333. The fourth-order valence-electron chi connectivity index (χ4n) is 1.83. The molecule has 2 N–H and O–H groups in total. The highest BCUT2D eigenvalue weighted by Crippen LogP contribution is 2.26. The van der Waals surface area contributed by atoms with Crippen molar-refractivity contribution in [3.63, 3.8) is 0 Å². The Bertz CT molecular complexity index is 781. The van der Waals surface area contributed by atoms with E-state index in [1.54, 1.807) is 24.5 Å². The van der Waals surface area contributed by atoms with Crippen LogP contribution >= 0.6 is 11.3 Å². The fourth-order valence-corrected chi connectivity index (χ4v) is 2.77. The number of carbonyl (C=O) groups is 1. The Kier molecular flexibility index (Phi) is 3.58. The Hall–Kier alpha value is -2.41. The molecule has 0 fully saturated rings. The highest BCUT2D eigenvalue weighted by atomic mass is 32.1. The zero-order chi connectivity index (χ0) is 15.7. The van der Waals surface area contributed by atoms with Crippen LogP contribution < -0.4 is 5.32 Å². The molecule has 3 rings (SSSR count). The number of hydrogen-bond acceptors (Lipinski definition) is 5. The molecule has 0 aliphatic carbocycles. The molecular formula is C15H16N4O2S. The van der Waals surface area contributed by atoms with Crippen LogP contribution in [0, 0.1) is 0 Å². The summed E-state index contributed by atoms with van der Waals surface area (Å²) in [5.41, 5.74) is 1.85. The summed E-state index contributed by atoms with van der Waals surface area (Å²) in [6.07, 6.45) is 1.57. The number of hydrogen-bond donors (Lipinski definition) is 2. The predicted molar refractivity (Wildman–Crippen MR) is 85.1 cm³/mol. The van der Waals surface area contributed by atoms with E-state index in [0.29, 0.717) is 22.3 Å². The standard InChI is InChI=1S/C15H16N4O2S/c1-15(2,3)12-8-22-14(16-12)17-13(20)10-7-9(18-19-10)11-5-4-6-21-11/h4-8H,1-3H3,(H,18,19)(H,16,17,20). The van der Waals surface area contributed by atoms with Gasteiger partial charge in [-0.05, 0) is 12.1 Å². The molecule has 0 atom stereocenters. The smallest absolute Gasteiger partial charge is 0.277 e. The molecule has 0 aliphatic rings. The normalized spacial score (nSPS) is 11.6. The number of furan rings is 1. The molecule has 0 bridgehead atoms. The van der Waals surface area contributed by atoms with Gasteiger partial charge in [0.2, 0.25) is 0 Å². The van der Waals surface area contributed by atoms with E-state index in [1.807, 2.05) is 5.38 Å². The van der Waals surface area contributed by atoms with Crippen molar-refractivity contribution >= 4 is 22.4 Å². The van der Waals surface area contributed by atoms with Crippen molar-refractivity contribution in [1.82, 2.24) is 15.2 Å². The first-order valence-corrected chi connectivity index (χ1v) is 7.68. The summed E-state index contributed by atoms with van der Waals surface area (Å²) in [4.78, 5) is 16.6. The van der Waals surface area contributed by atoms with Gasteiger partial charge in [-0.2, -0.15) is 5.10 Å². The van der Waals surface area contributed by atoms with Gasteiger partial charge in [0.1, 0.15) is 5.69 Å². The topological polar surface area (TPSA) is 83.8 Å². The number of carbonyl (C=O) groups excluding carboxylic acids is 1. The number of H-pyrrole nitrogens is 1. The average molecular weight is 316 g/mol. The summed E-state index contributed by atoms with van der Waals surface area (Å²) in [7, 11) is 0. The first kappa shape index (κ1) is 14.5. The molecule has 0 saturated carbocycles. The van der Waals surface area contributed by atoms with E-state index in [4.69, 9.17) is 4.42 Å². The van der Waals surface area contributed by atoms with E-state index in [9.17, 15) is 4.79 Å². The quantitative estimate of drug-likeness (QED) is 0.772. The summed E-state index contributed by atoms with van der Waals surface area (Å²) in [5, 5.41) is 12.1. The second-order valence-corrected chi connectivity index (χ2v) is 6.74. The van der Waals surface area contributed by atoms with Gasteiger partial charge < -0.3 is 4.42 Å². The Labute approximate surface area is 131 Å². The largest absolute Gasteiger partial charge is 0.463 e. The first-order valence-electron chi connectivity index (χ1n) is 6.80. The molecule has 3 heterocycles. The Balaban J connectivity index is 1.74. The molecule has 0 unspecified atom stereocenters. The number of nitrogens with zero attached hydrogens (tertiary/aromatic N) is 2. The van der Waals surface area contributed by atoms with Crippen LogP contribution in [-0.2, 0) is 5.41 Å². The number of thiazole rings is 1. The number of anilines is 1. The minimum Gasteiger partial charge on any atom is -0.463 e. The van der Waals surface area contributed by atoms with Crippen molar-refractivity contribution < 1.29 is 9.21 Å². The minimum atomic E-state index is -0.302. The van der Waals surface area contributed by atoms with Gasteiger partial charge in [0.05, 0.1) is 12.0 Å². The van der Waals surface area contributed by atoms with E-state index in [-0.39, 0.29) is 11.3 Å². The second-order valence-electron chi connectivity index (χ2n) is 5.89. The van der Waals surface area contributed by atoms with Crippen LogP contribution in [0.4, 0.5) is 5.13 Å². The summed E-state index contributed by atoms with van der Waals surface area (Å²) < 4.78 is 5.26. The van der Waals surface area contributed by atoms with E-state index in [2.05, 4.69) is 41.3 Å². The van der Waals surface area contributed by atoms with Crippen LogP contribution in [0.5, 0.6) is 0 Å². The fraction of sp³-hybridized carbons (Fsp3) is 0.267. The second kappa shape index (κ2) is 5.42. The van der Waals surface area contributed by atoms with Crippen LogP contribution in [-0.4, -0.2) is 21.1 Å². The van der Waals surface area contributed by atoms with Crippen molar-refractivity contribution in [3.05, 3.63) is 41.2 Å². The Morgan fingerprint density at radius 3 is 2.86 bits per heavy atom. The Morgan fingerprint density at radius 2 is 2.23 bits per heavy atom. The number of aromatic amines is 1. The third kappa shape index (κ3) is 2.94. The third-order valence-corrected chi connectivity index (χ3v) is 3.85. The summed E-state index contributed by atoms with van der Waals surface area (Å²) >= 11 is 1.40. The number of nitrogens with one attached hydrogen (secondary N) is 2. The molecule has 7 heteroatoms. The highest BCUT2D eigenvalue weighted by Gasteiger charge is 2.19. The van der Waals surface area contributed by atoms with Gasteiger partial charge in [-0.25, -0.2) is 4.98 Å². The maximum absolute atomic E-state index is 12.2. The molecule has 6 nitrogen and oxygen atoms in total. The molecule has 0 aromatic carbocycles. The summed E-state index contributed by atoms with van der Waals surface area (Å²) in [6, 6.07) is 5.22. The molecule has 0 spiro atoms. The van der Waals surface area contributed by atoms with Crippen molar-refractivity contribution in [1.29, 1.82) is 0 Å². The lowest BCUT2D eigenvalue weighted by molar-refractivity contribution is 0.102. The lowest BCUT2D eigenvalue weighted by Gasteiger charge is -2.14. The number of rotatable bonds is 3. The van der Waals surface area contributed by atoms with E-state index < -0.39 is 0 Å². The van der Waals surface area contributed by atoms with Gasteiger partial charge in [0.15, 0.2) is 16.6 Å². The molecule has 0 aliphatic heterocycles. The van der Waals surface area contributed by atoms with Gasteiger partial charge in [-0.15, -0.1) is 11.3 Å². The molecule has 0 saturated heterocycles. The highest BCUT2D eigenvalue weighted by molar-refractivity contribution is 7.14. The molecule has 3 aromatic rings. The number of aromatic nitrogens is 3. The van der Waals surface area contributed by atoms with Crippen LogP contribution in [0.1, 0.15) is 37.0 Å². The lowest BCUT2D eigenvalue weighted by Crippen LogP contribution is -2.14. The Morgan fingerprint density at radius 1 is 1.41 bits per heavy atom. The maximum atomic E-state index is 12.2. The van der Waals surface area contributed by atoms with Gasteiger partial charge in [0.25, 0.3) is 5.91 Å². The van der Waals surface area contributed by atoms with Crippen LogP contribution in [0.25, 0.3) is 11.5 Å². The van der Waals surface area contributed by atoms with Crippen molar-refractivity contribution in [2.45, 2.75) is 26.2 Å². The zero-order valence-corrected chi connectivity index (χ0v) is 13.3. The van der Waals surface area contributed by atoms with Crippen LogP contribution in [0.15, 0.2) is 34.3 Å². The first-order chi connectivity index (χ1) is 10.4. The maximum Gasteiger partial charge on any atom is 0.277 e. The van der Waals surface area contributed by atoms with Gasteiger partial charge in [-0.3, -0.25) is 15.2 Å². The third-order valence-electron chi connectivity index (χ3n) is 3.09. The lowest BCUT2D eigenvalue weighted by atomic mass is 9.93.